The van der Waals surface area contributed by atoms with Crippen molar-refractivity contribution in [3.63, 3.8) is 0 Å². The van der Waals surface area contributed by atoms with Gasteiger partial charge in [-0.25, -0.2) is 0 Å². The molecule has 1 fully saturated rings. The van der Waals surface area contributed by atoms with Crippen LogP contribution in [0.1, 0.15) is 38.8 Å². The van der Waals surface area contributed by atoms with E-state index in [-0.39, 0.29) is 17.9 Å². The molecule has 1 saturated heterocycles. The van der Waals surface area contributed by atoms with Gasteiger partial charge >= 0.3 is 0 Å². The summed E-state index contributed by atoms with van der Waals surface area (Å²) in [6.07, 6.45) is 0. The van der Waals surface area contributed by atoms with E-state index in [0.29, 0.717) is 25.2 Å². The molecular weight excluding hydrogens is 348 g/mol. The maximum Gasteiger partial charge on any atom is 0.253 e. The number of rotatable bonds is 4. The van der Waals surface area contributed by atoms with Gasteiger partial charge in [0.15, 0.2) is 0 Å². The van der Waals surface area contributed by atoms with E-state index in [2.05, 4.69) is 23.3 Å². The average molecular weight is 374 g/mol. The van der Waals surface area contributed by atoms with E-state index in [4.69, 9.17) is 5.73 Å². The average Bonchev–Trinajstić information content (AvgIpc) is 3.23. The Morgan fingerprint density at radius 2 is 1.86 bits per heavy atom. The van der Waals surface area contributed by atoms with E-state index in [1.807, 2.05) is 65.9 Å². The van der Waals surface area contributed by atoms with Gasteiger partial charge in [-0.05, 0) is 43.2 Å². The first-order valence-corrected chi connectivity index (χ1v) is 9.71. The number of amides is 1. The van der Waals surface area contributed by atoms with Gasteiger partial charge in [0.05, 0.1) is 12.2 Å². The minimum atomic E-state index is -0.0377. The van der Waals surface area contributed by atoms with Gasteiger partial charge in [0, 0.05) is 36.3 Å². The smallest absolute Gasteiger partial charge is 0.253 e. The number of aromatic nitrogens is 2. The first-order chi connectivity index (χ1) is 13.5. The monoisotopic (exact) mass is 374 g/mol. The largest absolute Gasteiger partial charge is 0.336 e. The molecule has 1 amide bonds. The lowest BCUT2D eigenvalue weighted by atomic mass is 9.95. The molecule has 3 aromatic rings. The quantitative estimate of drug-likeness (QED) is 0.763. The van der Waals surface area contributed by atoms with E-state index in [1.54, 1.807) is 0 Å². The van der Waals surface area contributed by atoms with Crippen molar-refractivity contribution in [2.45, 2.75) is 32.4 Å². The van der Waals surface area contributed by atoms with Crippen molar-refractivity contribution in [3.8, 4) is 0 Å². The minimum absolute atomic E-state index is 0.0377. The molecular formula is C23H26N4O. The zero-order valence-corrected chi connectivity index (χ0v) is 16.4. The number of carbonyl (C=O) groups is 1. The minimum Gasteiger partial charge on any atom is -0.336 e. The standard InChI is InChI=1S/C23H26N4O/c1-16-11-17(2)27(25-16)13-18-7-6-10-20(12-18)23(28)26-14-21(22(24)15-26)19-8-4-3-5-9-19/h3-12,21-22H,13-15,24H2,1-2H3/t21-,22+/m0/s1. The van der Waals surface area contributed by atoms with Gasteiger partial charge in [-0.15, -0.1) is 0 Å². The summed E-state index contributed by atoms with van der Waals surface area (Å²) >= 11 is 0. The van der Waals surface area contributed by atoms with Crippen molar-refractivity contribution in [2.24, 2.45) is 5.73 Å². The van der Waals surface area contributed by atoms with Crippen molar-refractivity contribution in [3.05, 3.63) is 88.7 Å². The highest BCUT2D eigenvalue weighted by atomic mass is 16.2. The fraction of sp³-hybridized carbons (Fsp3) is 0.304. The lowest BCUT2D eigenvalue weighted by molar-refractivity contribution is 0.0789. The van der Waals surface area contributed by atoms with Crippen LogP contribution in [0.5, 0.6) is 0 Å². The van der Waals surface area contributed by atoms with Crippen molar-refractivity contribution < 1.29 is 4.79 Å². The Hall–Kier alpha value is -2.92. The van der Waals surface area contributed by atoms with Crippen LogP contribution in [0.4, 0.5) is 0 Å². The van der Waals surface area contributed by atoms with Crippen LogP contribution in [0.25, 0.3) is 0 Å². The first-order valence-electron chi connectivity index (χ1n) is 9.71. The van der Waals surface area contributed by atoms with E-state index in [1.165, 1.54) is 5.56 Å². The molecule has 144 valence electrons. The highest BCUT2D eigenvalue weighted by Crippen LogP contribution is 2.27. The number of likely N-dealkylation sites (tertiary alicyclic amines) is 1. The molecule has 5 heteroatoms. The van der Waals surface area contributed by atoms with Gasteiger partial charge in [-0.2, -0.15) is 5.10 Å². The molecule has 1 aliphatic rings. The van der Waals surface area contributed by atoms with Crippen LogP contribution in [0.2, 0.25) is 0 Å². The summed E-state index contributed by atoms with van der Waals surface area (Å²) in [5, 5.41) is 4.52. The summed E-state index contributed by atoms with van der Waals surface area (Å²) in [6.45, 7) is 5.94. The van der Waals surface area contributed by atoms with Gasteiger partial charge in [-0.1, -0.05) is 42.5 Å². The summed E-state index contributed by atoms with van der Waals surface area (Å²) in [5.74, 6) is 0.229. The maximum absolute atomic E-state index is 13.1. The van der Waals surface area contributed by atoms with Gasteiger partial charge in [-0.3, -0.25) is 9.48 Å². The second-order valence-electron chi connectivity index (χ2n) is 7.68. The summed E-state index contributed by atoms with van der Waals surface area (Å²) in [5.41, 5.74) is 11.5. The third-order valence-corrected chi connectivity index (χ3v) is 5.49. The van der Waals surface area contributed by atoms with Crippen molar-refractivity contribution in [1.82, 2.24) is 14.7 Å². The van der Waals surface area contributed by atoms with Crippen LogP contribution in [-0.2, 0) is 6.54 Å². The second-order valence-corrected chi connectivity index (χ2v) is 7.68. The van der Waals surface area contributed by atoms with Crippen LogP contribution in [0, 0.1) is 13.8 Å². The maximum atomic E-state index is 13.1. The number of hydrogen-bond donors (Lipinski definition) is 1. The molecule has 0 unspecified atom stereocenters. The zero-order valence-electron chi connectivity index (χ0n) is 16.4. The molecule has 1 aromatic heterocycles. The summed E-state index contributed by atoms with van der Waals surface area (Å²) in [4.78, 5) is 15.0. The number of carbonyl (C=O) groups excluding carboxylic acids is 1. The Balaban J connectivity index is 1.50. The molecule has 0 aliphatic carbocycles. The second kappa shape index (κ2) is 7.60. The van der Waals surface area contributed by atoms with Crippen molar-refractivity contribution >= 4 is 5.91 Å². The zero-order chi connectivity index (χ0) is 19.7. The van der Waals surface area contributed by atoms with E-state index in [9.17, 15) is 4.79 Å². The van der Waals surface area contributed by atoms with Gasteiger partial charge in [0.1, 0.15) is 0 Å². The van der Waals surface area contributed by atoms with E-state index < -0.39 is 0 Å². The van der Waals surface area contributed by atoms with Crippen molar-refractivity contribution in [2.75, 3.05) is 13.1 Å². The molecule has 0 saturated carbocycles. The molecule has 0 bridgehead atoms. The van der Waals surface area contributed by atoms with Crippen LogP contribution >= 0.6 is 0 Å². The Labute approximate surface area is 165 Å². The fourth-order valence-electron chi connectivity index (χ4n) is 4.04. The lowest BCUT2D eigenvalue weighted by Gasteiger charge is -2.17. The summed E-state index contributed by atoms with van der Waals surface area (Å²) < 4.78 is 1.97. The number of nitrogens with zero attached hydrogens (tertiary/aromatic N) is 3. The number of benzene rings is 2. The third-order valence-electron chi connectivity index (χ3n) is 5.49. The molecule has 1 aliphatic heterocycles. The summed E-state index contributed by atoms with van der Waals surface area (Å²) in [7, 11) is 0. The Bertz CT molecular complexity index is 979. The van der Waals surface area contributed by atoms with Crippen LogP contribution < -0.4 is 5.73 Å². The molecule has 2 N–H and O–H groups in total. The van der Waals surface area contributed by atoms with Gasteiger partial charge in [0.25, 0.3) is 5.91 Å². The molecule has 2 heterocycles. The molecule has 4 rings (SSSR count). The molecule has 28 heavy (non-hydrogen) atoms. The molecule has 2 aromatic carbocycles. The predicted molar refractivity (Wildman–Crippen MR) is 110 cm³/mol. The highest BCUT2D eigenvalue weighted by Gasteiger charge is 2.34. The Morgan fingerprint density at radius 3 is 2.57 bits per heavy atom. The van der Waals surface area contributed by atoms with E-state index >= 15 is 0 Å². The fourth-order valence-corrected chi connectivity index (χ4v) is 4.04. The van der Waals surface area contributed by atoms with Gasteiger partial charge in [0.2, 0.25) is 0 Å². The number of hydrogen-bond acceptors (Lipinski definition) is 3. The number of nitrogens with two attached hydrogens (primary N) is 1. The van der Waals surface area contributed by atoms with Crippen LogP contribution in [-0.4, -0.2) is 39.7 Å². The summed E-state index contributed by atoms with van der Waals surface area (Å²) in [6, 6.07) is 20.1. The first kappa shape index (κ1) is 18.4. The van der Waals surface area contributed by atoms with Crippen LogP contribution in [0.3, 0.4) is 0 Å². The molecule has 2 atom stereocenters. The normalized spacial score (nSPS) is 19.2. The van der Waals surface area contributed by atoms with Gasteiger partial charge < -0.3 is 10.6 Å². The Morgan fingerprint density at radius 1 is 1.07 bits per heavy atom. The third kappa shape index (κ3) is 3.71. The lowest BCUT2D eigenvalue weighted by Crippen LogP contribution is -2.32. The molecule has 0 radical (unpaired) electrons. The number of aryl methyl sites for hydroxylation is 2. The Kier molecular flexibility index (Phi) is 5.01. The van der Waals surface area contributed by atoms with Crippen LogP contribution in [0.15, 0.2) is 60.7 Å². The highest BCUT2D eigenvalue weighted by molar-refractivity contribution is 5.94. The van der Waals surface area contributed by atoms with Crippen molar-refractivity contribution in [1.29, 1.82) is 0 Å². The topological polar surface area (TPSA) is 64.2 Å². The molecule has 0 spiro atoms. The SMILES string of the molecule is Cc1cc(C)n(Cc2cccc(C(=O)N3C[C@@H](N)[C@H](c4ccccc4)C3)c2)n1. The molecule has 5 nitrogen and oxygen atoms in total. The van der Waals surface area contributed by atoms with E-state index in [0.717, 1.165) is 17.0 Å². The predicted octanol–water partition coefficient (Wildman–Crippen LogP) is 3.12.